The molecular formula is C54H35N3. The van der Waals surface area contributed by atoms with Crippen molar-refractivity contribution in [1.82, 2.24) is 13.7 Å². The highest BCUT2D eigenvalue weighted by atomic mass is 15.1. The summed E-state index contributed by atoms with van der Waals surface area (Å²) in [5.41, 5.74) is -1.49. The summed E-state index contributed by atoms with van der Waals surface area (Å²) in [5.74, 6) is 0. The fourth-order valence-corrected chi connectivity index (χ4v) is 7.69. The van der Waals surface area contributed by atoms with Gasteiger partial charge in [0.25, 0.3) is 0 Å². The van der Waals surface area contributed by atoms with Gasteiger partial charge in [-0.05, 0) is 94.9 Å². The van der Waals surface area contributed by atoms with Crippen LogP contribution < -0.4 is 0 Å². The molecule has 9 aromatic carbocycles. The summed E-state index contributed by atoms with van der Waals surface area (Å²) in [6.07, 6.45) is 0. The van der Waals surface area contributed by atoms with Crippen molar-refractivity contribution in [2.45, 2.75) is 0 Å². The monoisotopic (exact) mass is 747 g/mol. The van der Waals surface area contributed by atoms with E-state index in [0.717, 1.165) is 10.1 Å². The molecule has 0 aliphatic heterocycles. The van der Waals surface area contributed by atoms with E-state index < -0.39 is 166 Å². The van der Waals surface area contributed by atoms with Crippen LogP contribution in [0.25, 0.3) is 105 Å². The maximum Gasteiger partial charge on any atom is 0.0782 e. The SMILES string of the molecule is [2H]c1ccc(-c2ccc(-n3c4c([2H])c([2H])c([2H])c([2H])c4c4c([2H])c(-c5c([2H])c([2H])c6c(c5[2H])c5c([2H])c([2H])c([2H])c([2H])c5n6-c5c([2H])c([2H])c([2H])c6c7c([2H])c([2H])c([2H])c([2H])c7n(-c7ccccc7)c56)c([2H])c([2H])c43)cc2)cc1. The molecular weight excluding hydrogens is 691 g/mol. The zero-order chi connectivity index (χ0) is 56.6. The number of fused-ring (bicyclic) bond motifs is 9. The van der Waals surface area contributed by atoms with Crippen LogP contribution >= 0.6 is 0 Å². The highest BCUT2D eigenvalue weighted by Crippen LogP contribution is 2.41. The van der Waals surface area contributed by atoms with Crippen LogP contribution in [0.1, 0.15) is 30.2 Å². The third-order valence-corrected chi connectivity index (χ3v) is 10.2. The molecule has 0 saturated carbocycles. The van der Waals surface area contributed by atoms with Crippen LogP contribution in [0.3, 0.4) is 0 Å². The van der Waals surface area contributed by atoms with Crippen molar-refractivity contribution in [1.29, 1.82) is 0 Å². The van der Waals surface area contributed by atoms with E-state index in [0.29, 0.717) is 11.6 Å². The minimum atomic E-state index is -0.883. The first-order valence-electron chi connectivity index (χ1n) is 28.8. The van der Waals surface area contributed by atoms with Crippen molar-refractivity contribution in [2.75, 3.05) is 0 Å². The lowest BCUT2D eigenvalue weighted by Gasteiger charge is -2.14. The smallest absolute Gasteiger partial charge is 0.0782 e. The summed E-state index contributed by atoms with van der Waals surface area (Å²) in [7, 11) is 0. The lowest BCUT2D eigenvalue weighted by molar-refractivity contribution is 1.13. The highest BCUT2D eigenvalue weighted by Gasteiger charge is 2.20. The third-order valence-electron chi connectivity index (χ3n) is 10.2. The number of hydrogen-bond acceptors (Lipinski definition) is 0. The van der Waals surface area contributed by atoms with Crippen LogP contribution in [0.5, 0.6) is 0 Å². The zero-order valence-corrected chi connectivity index (χ0v) is 29.3. The Hall–Kier alpha value is -7.62. The summed E-state index contributed by atoms with van der Waals surface area (Å²) in [6.45, 7) is 0. The Balaban J connectivity index is 1.25. The second-order valence-electron chi connectivity index (χ2n) is 13.2. The average Bonchev–Trinajstić information content (AvgIpc) is 3.20. The van der Waals surface area contributed by atoms with Crippen molar-refractivity contribution in [2.24, 2.45) is 0 Å². The van der Waals surface area contributed by atoms with Crippen molar-refractivity contribution in [3.8, 4) is 39.3 Å². The Morgan fingerprint density at radius 1 is 0.298 bits per heavy atom. The van der Waals surface area contributed by atoms with Gasteiger partial charge in [-0.2, -0.15) is 0 Å². The van der Waals surface area contributed by atoms with E-state index in [1.807, 2.05) is 0 Å². The molecule has 0 radical (unpaired) electrons. The molecule has 3 heteroatoms. The topological polar surface area (TPSA) is 14.8 Å². The summed E-state index contributed by atoms with van der Waals surface area (Å²) >= 11 is 0. The Labute approximate surface area is 360 Å². The second kappa shape index (κ2) is 12.5. The number of nitrogens with zero attached hydrogens (tertiary/aromatic N) is 3. The number of para-hydroxylation sites is 5. The Morgan fingerprint density at radius 3 is 1.44 bits per heavy atom. The Bertz CT molecular complexity index is 4770. The Morgan fingerprint density at radius 2 is 0.789 bits per heavy atom. The van der Waals surface area contributed by atoms with Crippen molar-refractivity contribution in [3.63, 3.8) is 0 Å². The third kappa shape index (κ3) is 4.79. The zero-order valence-electron chi connectivity index (χ0n) is 51.3. The molecule has 3 heterocycles. The molecule has 266 valence electrons. The van der Waals surface area contributed by atoms with Crippen LogP contribution in [-0.4, -0.2) is 13.7 Å². The fourth-order valence-electron chi connectivity index (χ4n) is 7.69. The maximum absolute atomic E-state index is 10.1. The van der Waals surface area contributed by atoms with Gasteiger partial charge < -0.3 is 13.7 Å². The van der Waals surface area contributed by atoms with Gasteiger partial charge in [0.1, 0.15) is 0 Å². The summed E-state index contributed by atoms with van der Waals surface area (Å²) < 4.78 is 207. The molecule has 0 aliphatic rings. The van der Waals surface area contributed by atoms with E-state index in [9.17, 15) is 17.8 Å². The predicted molar refractivity (Wildman–Crippen MR) is 240 cm³/mol. The van der Waals surface area contributed by atoms with Crippen LogP contribution in [-0.2, 0) is 0 Å². The standard InChI is InChI=1S/C54H35N3/c1-3-14-36(15-4-1)37-26-30-41(31-27-37)55-48-22-10-8-19-43(48)46-34-38(28-32-51(46)55)39-29-33-52-47(35-39)44-20-9-12-24-50(44)57(52)53-25-13-21-45-42-18-7-11-23-49(42)56(54(45)53)40-16-5-2-6-17-40/h1-35H/i1D,7D,8D,9D,10D,11D,12D,13D,18D,19D,20D,21D,22D,23D,24D,25D,28D,29D,32D,33D,34D,35D. The number of benzene rings is 9. The molecule has 57 heavy (non-hydrogen) atoms. The van der Waals surface area contributed by atoms with Crippen LogP contribution in [0.2, 0.25) is 0 Å². The summed E-state index contributed by atoms with van der Waals surface area (Å²) in [5, 5.41) is -1.92. The highest BCUT2D eigenvalue weighted by molar-refractivity contribution is 6.16. The largest absolute Gasteiger partial charge is 0.309 e. The van der Waals surface area contributed by atoms with Crippen molar-refractivity contribution in [3.05, 3.63) is 212 Å². The molecule has 0 N–H and O–H groups in total. The van der Waals surface area contributed by atoms with Gasteiger partial charge in [-0.15, -0.1) is 0 Å². The molecule has 12 rings (SSSR count). The van der Waals surface area contributed by atoms with Gasteiger partial charge in [0.2, 0.25) is 0 Å². The first kappa shape index (κ1) is 17.0. The molecule has 0 aliphatic carbocycles. The van der Waals surface area contributed by atoms with Gasteiger partial charge in [0, 0.05) is 43.7 Å². The molecule has 0 atom stereocenters. The van der Waals surface area contributed by atoms with E-state index in [4.69, 9.17) is 12.3 Å². The van der Waals surface area contributed by atoms with Crippen molar-refractivity contribution < 1.29 is 30.2 Å². The van der Waals surface area contributed by atoms with E-state index in [-0.39, 0.29) is 55.0 Å². The molecule has 0 amide bonds. The molecule has 0 fully saturated rings. The van der Waals surface area contributed by atoms with E-state index in [1.54, 1.807) is 78.9 Å². The molecule has 0 spiro atoms. The van der Waals surface area contributed by atoms with Gasteiger partial charge in [-0.3, -0.25) is 0 Å². The van der Waals surface area contributed by atoms with E-state index in [2.05, 4.69) is 0 Å². The quantitative estimate of drug-likeness (QED) is 0.167. The van der Waals surface area contributed by atoms with Gasteiger partial charge in [-0.1, -0.05) is 139 Å². The number of hydrogen-bond donors (Lipinski definition) is 0. The van der Waals surface area contributed by atoms with Crippen LogP contribution in [0, 0.1) is 0 Å². The van der Waals surface area contributed by atoms with Gasteiger partial charge in [0.05, 0.1) is 68.9 Å². The molecule has 12 aromatic rings. The normalized spacial score (nSPS) is 17.3. The molecule has 0 unspecified atom stereocenters. The first-order chi connectivity index (χ1) is 37.5. The second-order valence-corrected chi connectivity index (χ2v) is 13.2. The van der Waals surface area contributed by atoms with Gasteiger partial charge >= 0.3 is 0 Å². The molecule has 0 saturated heterocycles. The molecule has 3 aromatic heterocycles. The Kier molecular flexibility index (Phi) is 3.72. The number of aromatic nitrogens is 3. The minimum absolute atomic E-state index is 0.162. The summed E-state index contributed by atoms with van der Waals surface area (Å²) in [4.78, 5) is 0. The lowest BCUT2D eigenvalue weighted by Crippen LogP contribution is -2.00. The van der Waals surface area contributed by atoms with Gasteiger partial charge in [0.15, 0.2) is 0 Å². The van der Waals surface area contributed by atoms with Crippen LogP contribution in [0.4, 0.5) is 0 Å². The minimum Gasteiger partial charge on any atom is -0.309 e. The fraction of sp³-hybridized carbons (Fsp3) is 0. The average molecular weight is 748 g/mol. The molecule has 3 nitrogen and oxygen atoms in total. The van der Waals surface area contributed by atoms with E-state index >= 15 is 0 Å². The van der Waals surface area contributed by atoms with Crippen LogP contribution in [0.15, 0.2) is 212 Å². The number of rotatable bonds is 5. The lowest BCUT2D eigenvalue weighted by atomic mass is 10.0. The van der Waals surface area contributed by atoms with Crippen molar-refractivity contribution >= 4 is 65.4 Å². The summed E-state index contributed by atoms with van der Waals surface area (Å²) in [6, 6.07) is 6.76. The predicted octanol–water partition coefficient (Wildman–Crippen LogP) is 14.3. The van der Waals surface area contributed by atoms with Gasteiger partial charge in [-0.25, -0.2) is 0 Å². The van der Waals surface area contributed by atoms with E-state index in [1.165, 1.54) is 9.13 Å². The molecule has 0 bridgehead atoms. The maximum atomic E-state index is 10.1. The first-order valence-corrected chi connectivity index (χ1v) is 17.8.